The Morgan fingerprint density at radius 1 is 1.33 bits per heavy atom. The summed E-state index contributed by atoms with van der Waals surface area (Å²) in [5.41, 5.74) is 3.37. The van der Waals surface area contributed by atoms with E-state index in [1.165, 1.54) is 17.7 Å². The van der Waals surface area contributed by atoms with E-state index in [0.717, 1.165) is 19.4 Å². The maximum atomic E-state index is 6.30. The van der Waals surface area contributed by atoms with Crippen molar-refractivity contribution in [1.29, 1.82) is 0 Å². The van der Waals surface area contributed by atoms with E-state index in [9.17, 15) is 0 Å². The van der Waals surface area contributed by atoms with Gasteiger partial charge in [0.25, 0.3) is 0 Å². The first-order valence-electron chi connectivity index (χ1n) is 7.09. The maximum absolute atomic E-state index is 6.30. The SMILES string of the molecule is C1=C[C@H]2[C@H]3Cc4cccc5c4[C@@]2(CCN3)[C@H](C1)O5. The molecule has 4 atom stereocenters. The predicted octanol–water partition coefficient (Wildman–Crippen LogP) is 2.18. The van der Waals surface area contributed by atoms with Crippen LogP contribution in [-0.2, 0) is 11.8 Å². The number of hydrogen-bond donors (Lipinski definition) is 1. The quantitative estimate of drug-likeness (QED) is 0.701. The van der Waals surface area contributed by atoms with Crippen LogP contribution >= 0.6 is 0 Å². The molecule has 0 radical (unpaired) electrons. The maximum Gasteiger partial charge on any atom is 0.123 e. The third-order valence-electron chi connectivity index (χ3n) is 5.53. The van der Waals surface area contributed by atoms with Crippen molar-refractivity contribution < 1.29 is 4.74 Å². The van der Waals surface area contributed by atoms with Gasteiger partial charge in [-0.1, -0.05) is 24.3 Å². The summed E-state index contributed by atoms with van der Waals surface area (Å²) in [4.78, 5) is 0. The van der Waals surface area contributed by atoms with Crippen LogP contribution in [0, 0.1) is 5.92 Å². The second kappa shape index (κ2) is 3.00. The van der Waals surface area contributed by atoms with Gasteiger partial charge in [0.1, 0.15) is 11.9 Å². The van der Waals surface area contributed by atoms with E-state index < -0.39 is 0 Å². The second-order valence-electron chi connectivity index (χ2n) is 6.14. The highest BCUT2D eigenvalue weighted by Gasteiger charge is 2.60. The summed E-state index contributed by atoms with van der Waals surface area (Å²) in [6.45, 7) is 1.14. The van der Waals surface area contributed by atoms with Gasteiger partial charge in [-0.25, -0.2) is 0 Å². The molecule has 1 spiro atoms. The summed E-state index contributed by atoms with van der Waals surface area (Å²) in [6.07, 6.45) is 8.65. The van der Waals surface area contributed by atoms with Crippen LogP contribution < -0.4 is 10.1 Å². The van der Waals surface area contributed by atoms with Gasteiger partial charge < -0.3 is 10.1 Å². The van der Waals surface area contributed by atoms with E-state index in [1.807, 2.05) is 0 Å². The summed E-state index contributed by atoms with van der Waals surface area (Å²) in [5, 5.41) is 3.72. The van der Waals surface area contributed by atoms with Crippen LogP contribution in [0.3, 0.4) is 0 Å². The minimum absolute atomic E-state index is 0.287. The molecule has 0 unspecified atom stereocenters. The van der Waals surface area contributed by atoms with Gasteiger partial charge in [0.2, 0.25) is 0 Å². The largest absolute Gasteiger partial charge is 0.489 e. The van der Waals surface area contributed by atoms with Gasteiger partial charge >= 0.3 is 0 Å². The summed E-state index contributed by atoms with van der Waals surface area (Å²) < 4.78 is 6.30. The number of rotatable bonds is 0. The second-order valence-corrected chi connectivity index (χ2v) is 6.14. The molecule has 1 saturated heterocycles. The number of benzene rings is 1. The number of nitrogens with one attached hydrogen (secondary N) is 1. The Bertz CT molecular complexity index is 564. The lowest BCUT2D eigenvalue weighted by atomic mass is 9.54. The first-order chi connectivity index (χ1) is 8.89. The number of hydrogen-bond acceptors (Lipinski definition) is 2. The standard InChI is InChI=1S/C16H17NO/c1-3-10-9-12-11-4-2-6-14-16(11,7-8-17-12)15(10)13(5-1)18-14/h1-5,11-12,14,17H,6-9H2/t11-,12+,14-,16+/m0/s1. The summed E-state index contributed by atoms with van der Waals surface area (Å²) in [7, 11) is 0. The Morgan fingerprint density at radius 3 is 3.33 bits per heavy atom. The molecule has 2 aliphatic carbocycles. The first kappa shape index (κ1) is 9.62. The van der Waals surface area contributed by atoms with E-state index in [2.05, 4.69) is 35.7 Å². The van der Waals surface area contributed by atoms with Crippen molar-refractivity contribution in [2.45, 2.75) is 36.8 Å². The molecule has 18 heavy (non-hydrogen) atoms. The normalized spacial score (nSPS) is 42.3. The van der Waals surface area contributed by atoms with Crippen molar-refractivity contribution in [3.05, 3.63) is 41.5 Å². The lowest BCUT2D eigenvalue weighted by Gasteiger charge is -2.53. The van der Waals surface area contributed by atoms with E-state index in [0.29, 0.717) is 18.1 Å². The smallest absolute Gasteiger partial charge is 0.123 e. The van der Waals surface area contributed by atoms with Crippen molar-refractivity contribution in [3.8, 4) is 5.75 Å². The zero-order valence-electron chi connectivity index (χ0n) is 10.4. The summed E-state index contributed by atoms with van der Waals surface area (Å²) >= 11 is 0. The highest BCUT2D eigenvalue weighted by atomic mass is 16.5. The molecule has 0 aromatic heterocycles. The lowest BCUT2D eigenvalue weighted by molar-refractivity contribution is 0.0565. The van der Waals surface area contributed by atoms with Crippen molar-refractivity contribution in [3.63, 3.8) is 0 Å². The number of ether oxygens (including phenoxy) is 1. The summed E-state index contributed by atoms with van der Waals surface area (Å²) in [6, 6.07) is 7.25. The van der Waals surface area contributed by atoms with Crippen molar-refractivity contribution >= 4 is 0 Å². The van der Waals surface area contributed by atoms with Crippen molar-refractivity contribution in [2.75, 3.05) is 6.54 Å². The molecule has 2 heteroatoms. The van der Waals surface area contributed by atoms with E-state index in [-0.39, 0.29) is 5.41 Å². The molecule has 4 aliphatic rings. The van der Waals surface area contributed by atoms with Gasteiger partial charge in [-0.3, -0.25) is 0 Å². The van der Waals surface area contributed by atoms with Gasteiger partial charge in [0.05, 0.1) is 0 Å². The molecule has 0 saturated carbocycles. The minimum Gasteiger partial charge on any atom is -0.489 e. The average Bonchev–Trinajstić information content (AvgIpc) is 2.70. The van der Waals surface area contributed by atoms with E-state index in [4.69, 9.17) is 4.74 Å². The highest BCUT2D eigenvalue weighted by molar-refractivity contribution is 5.55. The zero-order valence-corrected chi connectivity index (χ0v) is 10.4. The molecule has 5 rings (SSSR count). The third-order valence-corrected chi connectivity index (χ3v) is 5.53. The van der Waals surface area contributed by atoms with Crippen LogP contribution in [0.2, 0.25) is 0 Å². The number of piperidine rings is 1. The van der Waals surface area contributed by atoms with Crippen LogP contribution in [0.4, 0.5) is 0 Å². The topological polar surface area (TPSA) is 21.3 Å². The fraction of sp³-hybridized carbons (Fsp3) is 0.500. The minimum atomic E-state index is 0.287. The van der Waals surface area contributed by atoms with Gasteiger partial charge in [-0.15, -0.1) is 0 Å². The molecule has 1 aromatic carbocycles. The van der Waals surface area contributed by atoms with Gasteiger partial charge in [-0.05, 0) is 31.0 Å². The molecule has 92 valence electrons. The molecule has 2 heterocycles. The Hall–Kier alpha value is -1.28. The third kappa shape index (κ3) is 0.892. The predicted molar refractivity (Wildman–Crippen MR) is 69.9 cm³/mol. The molecular formula is C16H17NO. The fourth-order valence-electron chi connectivity index (χ4n) is 4.93. The molecule has 0 amide bonds. The summed E-state index contributed by atoms with van der Waals surface area (Å²) in [5.74, 6) is 1.81. The molecule has 1 aromatic rings. The Kier molecular flexibility index (Phi) is 1.60. The van der Waals surface area contributed by atoms with E-state index in [1.54, 1.807) is 5.56 Å². The van der Waals surface area contributed by atoms with Crippen molar-refractivity contribution in [2.24, 2.45) is 5.92 Å². The molecule has 2 nitrogen and oxygen atoms in total. The van der Waals surface area contributed by atoms with Crippen LogP contribution in [0.5, 0.6) is 5.75 Å². The monoisotopic (exact) mass is 239 g/mol. The Labute approximate surface area is 107 Å². The molecule has 2 aliphatic heterocycles. The lowest BCUT2D eigenvalue weighted by Crippen LogP contribution is -2.62. The fourth-order valence-corrected chi connectivity index (χ4v) is 4.93. The highest BCUT2D eigenvalue weighted by Crippen LogP contribution is 2.59. The first-order valence-corrected chi connectivity index (χ1v) is 7.09. The molecule has 1 N–H and O–H groups in total. The molecule has 2 bridgehead atoms. The van der Waals surface area contributed by atoms with E-state index >= 15 is 0 Å². The van der Waals surface area contributed by atoms with Crippen molar-refractivity contribution in [1.82, 2.24) is 5.32 Å². The Balaban J connectivity index is 1.86. The van der Waals surface area contributed by atoms with Crippen LogP contribution in [0.1, 0.15) is 24.0 Å². The average molecular weight is 239 g/mol. The zero-order chi connectivity index (χ0) is 11.7. The van der Waals surface area contributed by atoms with Crippen LogP contribution in [0.25, 0.3) is 0 Å². The Morgan fingerprint density at radius 2 is 2.33 bits per heavy atom. The molecule has 1 fully saturated rings. The van der Waals surface area contributed by atoms with Gasteiger partial charge in [-0.2, -0.15) is 0 Å². The van der Waals surface area contributed by atoms with Crippen LogP contribution in [-0.4, -0.2) is 18.7 Å². The van der Waals surface area contributed by atoms with Gasteiger partial charge in [0.15, 0.2) is 0 Å². The van der Waals surface area contributed by atoms with Gasteiger partial charge in [0, 0.05) is 29.4 Å². The van der Waals surface area contributed by atoms with Crippen LogP contribution in [0.15, 0.2) is 30.4 Å². The molecular weight excluding hydrogens is 222 g/mol.